The molecule has 0 bridgehead atoms. The largest absolute Gasteiger partial charge is 0.494 e. The molecule has 4 rings (SSSR count). The van der Waals surface area contributed by atoms with Crippen LogP contribution >= 0.6 is 0 Å². The minimum atomic E-state index is -0.339. The maximum Gasteiger partial charge on any atom is 0.330 e. The van der Waals surface area contributed by atoms with E-state index >= 15 is 0 Å². The number of azo groups is 2. The number of benzene rings is 3. The molecule has 9 nitrogen and oxygen atoms in total. The van der Waals surface area contributed by atoms with E-state index in [1.165, 1.54) is 31.8 Å². The Morgan fingerprint density at radius 2 is 1.22 bits per heavy atom. The van der Waals surface area contributed by atoms with Crippen LogP contribution in [0, 0.1) is 0 Å². The fraction of sp³-hybridized carbons (Fsp3) is 0.417. The van der Waals surface area contributed by atoms with Crippen LogP contribution < -0.4 is 9.64 Å². The monoisotopic (exact) mass is 611 g/mol. The Morgan fingerprint density at radius 3 is 1.71 bits per heavy atom. The van der Waals surface area contributed by atoms with Crippen molar-refractivity contribution in [1.29, 1.82) is 0 Å². The van der Waals surface area contributed by atoms with Gasteiger partial charge >= 0.3 is 5.97 Å². The minimum absolute atomic E-state index is 0.307. The fourth-order valence-electron chi connectivity index (χ4n) is 4.82. The zero-order valence-corrected chi connectivity index (χ0v) is 26.4. The van der Waals surface area contributed by atoms with Crippen molar-refractivity contribution >= 4 is 34.4 Å². The van der Waals surface area contributed by atoms with Crippen LogP contribution in [0.3, 0.4) is 0 Å². The molecule has 45 heavy (non-hydrogen) atoms. The summed E-state index contributed by atoms with van der Waals surface area (Å²) in [4.78, 5) is 13.2. The topological polar surface area (TPSA) is 97.4 Å². The number of hydrogen-bond donors (Lipinski definition) is 0. The van der Waals surface area contributed by atoms with Gasteiger partial charge in [-0.15, -0.1) is 0 Å². The molecule has 0 aliphatic carbocycles. The third kappa shape index (κ3) is 12.3. The highest BCUT2D eigenvalue weighted by molar-refractivity contribution is 5.81. The van der Waals surface area contributed by atoms with Gasteiger partial charge in [0.2, 0.25) is 0 Å². The van der Waals surface area contributed by atoms with Gasteiger partial charge < -0.3 is 19.1 Å². The normalized spacial score (nSPS) is 14.8. The molecule has 3 aromatic rings. The average Bonchev–Trinajstić information content (AvgIpc) is 3.57. The Bertz CT molecular complexity index is 1360. The smallest absolute Gasteiger partial charge is 0.330 e. The lowest BCUT2D eigenvalue weighted by Gasteiger charge is -2.15. The molecule has 1 aliphatic heterocycles. The maximum atomic E-state index is 11.0. The van der Waals surface area contributed by atoms with E-state index in [-0.39, 0.29) is 5.97 Å². The van der Waals surface area contributed by atoms with Crippen molar-refractivity contribution in [3.63, 3.8) is 0 Å². The van der Waals surface area contributed by atoms with Crippen molar-refractivity contribution in [3.05, 3.63) is 85.5 Å². The maximum absolute atomic E-state index is 11.0. The van der Waals surface area contributed by atoms with E-state index in [1.807, 2.05) is 60.7 Å². The molecule has 0 N–H and O–H groups in total. The van der Waals surface area contributed by atoms with Crippen molar-refractivity contribution in [2.24, 2.45) is 20.5 Å². The van der Waals surface area contributed by atoms with Crippen molar-refractivity contribution in [1.82, 2.24) is 0 Å². The predicted octanol–water partition coefficient (Wildman–Crippen LogP) is 10.3. The summed E-state index contributed by atoms with van der Waals surface area (Å²) < 4.78 is 16.6. The summed E-state index contributed by atoms with van der Waals surface area (Å²) >= 11 is 0. The Morgan fingerprint density at radius 1 is 0.756 bits per heavy atom. The van der Waals surface area contributed by atoms with Gasteiger partial charge in [0.1, 0.15) is 12.5 Å². The second kappa shape index (κ2) is 19.1. The molecule has 0 amide bonds. The number of esters is 1. The Balaban J connectivity index is 1.08. The van der Waals surface area contributed by atoms with Gasteiger partial charge in [0.15, 0.2) is 0 Å². The van der Waals surface area contributed by atoms with Gasteiger partial charge in [0.05, 0.1) is 42.1 Å². The second-order valence-electron chi connectivity index (χ2n) is 11.0. The molecule has 0 spiro atoms. The van der Waals surface area contributed by atoms with Crippen molar-refractivity contribution in [2.75, 3.05) is 31.4 Å². The summed E-state index contributed by atoms with van der Waals surface area (Å²) in [6.45, 7) is 8.29. The lowest BCUT2D eigenvalue weighted by molar-refractivity contribution is -0.137. The highest BCUT2D eigenvalue weighted by atomic mass is 16.5. The molecule has 1 fully saturated rings. The standard InChI is InChI=1S/C36H45N5O4/c1-3-34-27-41(28-45-34)33-21-17-31(18-22-33)39-37-29-13-15-30(16-14-29)38-40-32-19-23-35(24-20-32)43-25-11-9-7-5-6-8-10-12-26-44-36(42)4-2/h4,13-24,34H,2-3,5-12,25-28H2,1H3. The average molecular weight is 612 g/mol. The lowest BCUT2D eigenvalue weighted by Crippen LogP contribution is -2.20. The van der Waals surface area contributed by atoms with Crippen LogP contribution in [0.25, 0.3) is 0 Å². The number of ether oxygens (including phenoxy) is 3. The summed E-state index contributed by atoms with van der Waals surface area (Å²) in [7, 11) is 0. The number of rotatable bonds is 19. The summed E-state index contributed by atoms with van der Waals surface area (Å²) in [5, 5.41) is 17.4. The van der Waals surface area contributed by atoms with Gasteiger partial charge in [-0.3, -0.25) is 0 Å². The summed E-state index contributed by atoms with van der Waals surface area (Å²) in [6, 6.07) is 23.2. The molecule has 0 saturated carbocycles. The fourth-order valence-corrected chi connectivity index (χ4v) is 4.82. The van der Waals surface area contributed by atoms with Crippen molar-refractivity contribution < 1.29 is 19.0 Å². The molecule has 238 valence electrons. The van der Waals surface area contributed by atoms with Crippen molar-refractivity contribution in [3.8, 4) is 5.75 Å². The molecule has 1 atom stereocenters. The summed E-state index contributed by atoms with van der Waals surface area (Å²) in [6.07, 6.45) is 11.6. The molecule has 3 aromatic carbocycles. The second-order valence-corrected chi connectivity index (χ2v) is 11.0. The van der Waals surface area contributed by atoms with E-state index in [4.69, 9.17) is 14.2 Å². The molecule has 0 aromatic heterocycles. The number of carbonyl (C=O) groups is 1. The van der Waals surface area contributed by atoms with Crippen LogP contribution in [-0.4, -0.2) is 38.6 Å². The van der Waals surface area contributed by atoms with Crippen molar-refractivity contribution in [2.45, 2.75) is 70.8 Å². The van der Waals surface area contributed by atoms with E-state index in [0.29, 0.717) is 26.0 Å². The van der Waals surface area contributed by atoms with Crippen LogP contribution in [-0.2, 0) is 14.3 Å². The molecule has 1 heterocycles. The van der Waals surface area contributed by atoms with Gasteiger partial charge in [-0.1, -0.05) is 52.0 Å². The van der Waals surface area contributed by atoms with E-state index < -0.39 is 0 Å². The molecule has 0 radical (unpaired) electrons. The molecular weight excluding hydrogens is 566 g/mol. The van der Waals surface area contributed by atoms with Crippen LogP contribution in [0.1, 0.15) is 64.7 Å². The minimum Gasteiger partial charge on any atom is -0.494 e. The third-order valence-corrected chi connectivity index (χ3v) is 7.53. The first-order valence-electron chi connectivity index (χ1n) is 16.0. The predicted molar refractivity (Wildman–Crippen MR) is 179 cm³/mol. The van der Waals surface area contributed by atoms with E-state index in [1.54, 1.807) is 0 Å². The van der Waals surface area contributed by atoms with Gasteiger partial charge in [-0.2, -0.15) is 20.5 Å². The van der Waals surface area contributed by atoms with Gasteiger partial charge in [0.25, 0.3) is 0 Å². The number of anilines is 1. The molecule has 9 heteroatoms. The van der Waals surface area contributed by atoms with Crippen LogP contribution in [0.15, 0.2) is 106 Å². The Hall–Kier alpha value is -4.37. The first-order chi connectivity index (χ1) is 22.1. The van der Waals surface area contributed by atoms with Crippen LogP contribution in [0.2, 0.25) is 0 Å². The van der Waals surface area contributed by atoms with Crippen LogP contribution in [0.4, 0.5) is 28.4 Å². The molecule has 1 saturated heterocycles. The van der Waals surface area contributed by atoms with Gasteiger partial charge in [0, 0.05) is 18.3 Å². The summed E-state index contributed by atoms with van der Waals surface area (Å²) in [5.41, 5.74) is 4.19. The first-order valence-corrected chi connectivity index (χ1v) is 16.0. The third-order valence-electron chi connectivity index (χ3n) is 7.53. The number of carbonyl (C=O) groups excluding carboxylic acids is 1. The van der Waals surface area contributed by atoms with E-state index in [2.05, 4.69) is 51.0 Å². The van der Waals surface area contributed by atoms with Crippen LogP contribution in [0.5, 0.6) is 5.75 Å². The first kappa shape index (κ1) is 33.5. The zero-order chi connectivity index (χ0) is 31.5. The lowest BCUT2D eigenvalue weighted by atomic mass is 10.1. The summed E-state index contributed by atoms with van der Waals surface area (Å²) in [5.74, 6) is 0.500. The Labute approximate surface area is 267 Å². The van der Waals surface area contributed by atoms with E-state index in [0.717, 1.165) is 72.8 Å². The molecule has 1 unspecified atom stereocenters. The highest BCUT2D eigenvalue weighted by Crippen LogP contribution is 2.27. The Kier molecular flexibility index (Phi) is 14.2. The SMILES string of the molecule is C=CC(=O)OCCCCCCCCCCOc1ccc(N=Nc2ccc(N=Nc3ccc(N4COC(CC)C4)cc3)cc2)cc1. The molecular formula is C36H45N5O4. The van der Waals surface area contributed by atoms with Gasteiger partial charge in [-0.05, 0) is 92.1 Å². The number of nitrogens with zero attached hydrogens (tertiary/aromatic N) is 5. The highest BCUT2D eigenvalue weighted by Gasteiger charge is 2.21. The number of hydrogen-bond acceptors (Lipinski definition) is 9. The van der Waals surface area contributed by atoms with E-state index in [9.17, 15) is 4.79 Å². The zero-order valence-electron chi connectivity index (χ0n) is 26.4. The quantitative estimate of drug-likeness (QED) is 0.0581. The number of unbranched alkanes of at least 4 members (excludes halogenated alkanes) is 7. The van der Waals surface area contributed by atoms with Gasteiger partial charge in [-0.25, -0.2) is 4.79 Å². The molecule has 1 aliphatic rings.